The van der Waals surface area contributed by atoms with Crippen molar-refractivity contribution in [3.05, 3.63) is 59.5 Å². The van der Waals surface area contributed by atoms with Gasteiger partial charge in [-0.05, 0) is 75.5 Å². The number of nitrogens with one attached hydrogen (secondary N) is 1. The SMILES string of the molecule is C#CCN1CCC(c2ccc(Nc3ncc(F)c(-c4cc(F)c5c(c4)N(C(C)C)CCO5)n3)cc2F)CC1. The Morgan fingerprint density at radius 3 is 2.58 bits per heavy atom. The van der Waals surface area contributed by atoms with Crippen molar-refractivity contribution in [3.8, 4) is 29.4 Å². The van der Waals surface area contributed by atoms with E-state index in [1.807, 2.05) is 18.7 Å². The molecule has 2 aliphatic rings. The lowest BCUT2D eigenvalue weighted by Gasteiger charge is -2.34. The van der Waals surface area contributed by atoms with Gasteiger partial charge in [0.1, 0.15) is 18.1 Å². The van der Waals surface area contributed by atoms with Crippen molar-refractivity contribution in [2.24, 2.45) is 0 Å². The fraction of sp³-hybridized carbons (Fsp3) is 0.379. The molecule has 3 aromatic rings. The maximum atomic E-state index is 15.1. The summed E-state index contributed by atoms with van der Waals surface area (Å²) in [6, 6.07) is 7.91. The Morgan fingerprint density at radius 2 is 1.87 bits per heavy atom. The van der Waals surface area contributed by atoms with Gasteiger partial charge in [0.15, 0.2) is 17.4 Å². The molecular weight excluding hydrogens is 491 g/mol. The molecule has 1 aromatic heterocycles. The van der Waals surface area contributed by atoms with E-state index < -0.39 is 11.6 Å². The van der Waals surface area contributed by atoms with Crippen LogP contribution < -0.4 is 15.0 Å². The summed E-state index contributed by atoms with van der Waals surface area (Å²) in [7, 11) is 0. The summed E-state index contributed by atoms with van der Waals surface area (Å²) in [6.07, 6.45) is 8.10. The average molecular weight is 522 g/mol. The van der Waals surface area contributed by atoms with Crippen molar-refractivity contribution >= 4 is 17.3 Å². The summed E-state index contributed by atoms with van der Waals surface area (Å²) in [6.45, 7) is 7.25. The zero-order valence-corrected chi connectivity index (χ0v) is 21.5. The standard InChI is InChI=1S/C29H30F3N5O/c1-4-9-36-10-7-19(8-11-36)22-6-5-21(16-23(22)30)34-29-33-17-25(32)27(35-29)20-14-24(31)28-26(15-20)37(18(2)3)12-13-38-28/h1,5-6,14-19H,7-13H2,2-3H3,(H,33,34,35). The van der Waals surface area contributed by atoms with E-state index in [1.165, 1.54) is 12.1 Å². The van der Waals surface area contributed by atoms with Crippen LogP contribution in [0.1, 0.15) is 38.2 Å². The zero-order valence-electron chi connectivity index (χ0n) is 21.5. The number of hydrogen-bond donors (Lipinski definition) is 1. The van der Waals surface area contributed by atoms with Gasteiger partial charge in [0.05, 0.1) is 25.0 Å². The molecule has 0 atom stereocenters. The summed E-state index contributed by atoms with van der Waals surface area (Å²) in [5.41, 5.74) is 1.85. The van der Waals surface area contributed by atoms with Gasteiger partial charge in [-0.15, -0.1) is 6.42 Å². The molecule has 0 bridgehead atoms. The number of hydrogen-bond acceptors (Lipinski definition) is 6. The van der Waals surface area contributed by atoms with Crippen LogP contribution in [-0.2, 0) is 0 Å². The van der Waals surface area contributed by atoms with Gasteiger partial charge in [0, 0.05) is 17.3 Å². The molecule has 2 aromatic carbocycles. The largest absolute Gasteiger partial charge is 0.486 e. The van der Waals surface area contributed by atoms with Gasteiger partial charge in [-0.2, -0.15) is 0 Å². The molecule has 1 N–H and O–H groups in total. The molecule has 38 heavy (non-hydrogen) atoms. The van der Waals surface area contributed by atoms with E-state index in [-0.39, 0.29) is 40.7 Å². The summed E-state index contributed by atoms with van der Waals surface area (Å²) in [4.78, 5) is 12.5. The first-order valence-corrected chi connectivity index (χ1v) is 12.8. The molecule has 2 aliphatic heterocycles. The third-order valence-corrected chi connectivity index (χ3v) is 7.15. The van der Waals surface area contributed by atoms with Crippen LogP contribution >= 0.6 is 0 Å². The Balaban J connectivity index is 1.37. The number of nitrogens with zero attached hydrogens (tertiary/aromatic N) is 4. The summed E-state index contributed by atoms with van der Waals surface area (Å²) < 4.78 is 50.4. The zero-order chi connectivity index (χ0) is 26.8. The Bertz CT molecular complexity index is 1370. The fourth-order valence-electron chi connectivity index (χ4n) is 5.20. The Kier molecular flexibility index (Phi) is 7.43. The summed E-state index contributed by atoms with van der Waals surface area (Å²) >= 11 is 0. The van der Waals surface area contributed by atoms with Crippen LogP contribution in [0.5, 0.6) is 5.75 Å². The number of anilines is 3. The summed E-state index contributed by atoms with van der Waals surface area (Å²) in [5.74, 6) is 1.41. The van der Waals surface area contributed by atoms with Crippen molar-refractivity contribution in [1.29, 1.82) is 0 Å². The van der Waals surface area contributed by atoms with Crippen LogP contribution in [0.2, 0.25) is 0 Å². The quantitative estimate of drug-likeness (QED) is 0.419. The van der Waals surface area contributed by atoms with Gasteiger partial charge in [-0.3, -0.25) is 4.90 Å². The second kappa shape index (κ2) is 10.9. The van der Waals surface area contributed by atoms with E-state index in [0.29, 0.717) is 36.6 Å². The number of fused-ring (bicyclic) bond motifs is 1. The lowest BCUT2D eigenvalue weighted by atomic mass is 9.89. The van der Waals surface area contributed by atoms with Crippen molar-refractivity contribution in [1.82, 2.24) is 14.9 Å². The van der Waals surface area contributed by atoms with Crippen LogP contribution in [0, 0.1) is 29.8 Å². The number of rotatable bonds is 6. The minimum atomic E-state index is -0.694. The van der Waals surface area contributed by atoms with Crippen LogP contribution in [-0.4, -0.2) is 53.7 Å². The number of benzene rings is 2. The molecule has 5 rings (SSSR count). The van der Waals surface area contributed by atoms with Crippen molar-refractivity contribution in [3.63, 3.8) is 0 Å². The highest BCUT2D eigenvalue weighted by atomic mass is 19.1. The van der Waals surface area contributed by atoms with Gasteiger partial charge in [0.25, 0.3) is 0 Å². The van der Waals surface area contributed by atoms with Crippen molar-refractivity contribution in [2.45, 2.75) is 38.6 Å². The first-order valence-electron chi connectivity index (χ1n) is 12.8. The highest BCUT2D eigenvalue weighted by Gasteiger charge is 2.26. The van der Waals surface area contributed by atoms with Crippen molar-refractivity contribution in [2.75, 3.05) is 43.0 Å². The van der Waals surface area contributed by atoms with Crippen LogP contribution in [0.15, 0.2) is 36.5 Å². The van der Waals surface area contributed by atoms with E-state index in [2.05, 4.69) is 26.1 Å². The van der Waals surface area contributed by atoms with Gasteiger partial charge in [0.2, 0.25) is 5.95 Å². The Morgan fingerprint density at radius 1 is 1.08 bits per heavy atom. The molecule has 0 unspecified atom stereocenters. The number of piperidine rings is 1. The molecule has 6 nitrogen and oxygen atoms in total. The maximum Gasteiger partial charge on any atom is 0.227 e. The fourth-order valence-corrected chi connectivity index (χ4v) is 5.20. The first-order chi connectivity index (χ1) is 18.3. The lowest BCUT2D eigenvalue weighted by Crippen LogP contribution is -2.38. The van der Waals surface area contributed by atoms with Gasteiger partial charge >= 0.3 is 0 Å². The predicted molar refractivity (Wildman–Crippen MR) is 142 cm³/mol. The lowest BCUT2D eigenvalue weighted by molar-refractivity contribution is 0.234. The molecule has 0 saturated carbocycles. The van der Waals surface area contributed by atoms with E-state index in [4.69, 9.17) is 11.2 Å². The molecule has 3 heterocycles. The molecule has 0 spiro atoms. The second-order valence-electron chi connectivity index (χ2n) is 9.95. The highest BCUT2D eigenvalue weighted by molar-refractivity contribution is 5.73. The Hall–Kier alpha value is -3.77. The van der Waals surface area contributed by atoms with Crippen LogP contribution in [0.3, 0.4) is 0 Å². The molecule has 0 radical (unpaired) electrons. The minimum Gasteiger partial charge on any atom is -0.486 e. The number of halogens is 3. The maximum absolute atomic E-state index is 15.1. The molecule has 1 saturated heterocycles. The number of terminal acetylenes is 1. The normalized spacial score (nSPS) is 16.2. The molecule has 198 valence electrons. The summed E-state index contributed by atoms with van der Waals surface area (Å²) in [5, 5.41) is 2.95. The molecule has 0 aliphatic carbocycles. The van der Waals surface area contributed by atoms with E-state index >= 15 is 4.39 Å². The second-order valence-corrected chi connectivity index (χ2v) is 9.95. The number of ether oxygens (including phenoxy) is 1. The molecule has 0 amide bonds. The molecule has 1 fully saturated rings. The van der Waals surface area contributed by atoms with Crippen LogP contribution in [0.4, 0.5) is 30.5 Å². The topological polar surface area (TPSA) is 53.5 Å². The van der Waals surface area contributed by atoms with Crippen LogP contribution in [0.25, 0.3) is 11.3 Å². The third-order valence-electron chi connectivity index (χ3n) is 7.15. The number of aromatic nitrogens is 2. The van der Waals surface area contributed by atoms with Gasteiger partial charge in [-0.25, -0.2) is 23.1 Å². The van der Waals surface area contributed by atoms with E-state index in [0.717, 1.165) is 32.1 Å². The van der Waals surface area contributed by atoms with E-state index in [9.17, 15) is 8.78 Å². The highest BCUT2D eigenvalue weighted by Crippen LogP contribution is 2.39. The minimum absolute atomic E-state index is 0.0608. The van der Waals surface area contributed by atoms with Gasteiger partial charge in [-0.1, -0.05) is 12.0 Å². The smallest absolute Gasteiger partial charge is 0.227 e. The third kappa shape index (κ3) is 5.27. The monoisotopic (exact) mass is 521 g/mol. The average Bonchev–Trinajstić information content (AvgIpc) is 2.90. The van der Waals surface area contributed by atoms with E-state index in [1.54, 1.807) is 18.2 Å². The first kappa shape index (κ1) is 25.9. The van der Waals surface area contributed by atoms with Gasteiger partial charge < -0.3 is 15.0 Å². The molecular formula is C29H30F3N5O. The van der Waals surface area contributed by atoms with Crippen molar-refractivity contribution < 1.29 is 17.9 Å². The molecule has 9 heteroatoms. The Labute approximate surface area is 220 Å². The number of likely N-dealkylation sites (tertiary alicyclic amines) is 1. The predicted octanol–water partition coefficient (Wildman–Crippen LogP) is 5.72.